The zero-order valence-corrected chi connectivity index (χ0v) is 8.83. The van der Waals surface area contributed by atoms with E-state index in [1.807, 2.05) is 6.07 Å². The van der Waals surface area contributed by atoms with E-state index in [1.54, 1.807) is 42.7 Å². The highest BCUT2D eigenvalue weighted by Crippen LogP contribution is 2.27. The fourth-order valence-electron chi connectivity index (χ4n) is 1.58. The van der Waals surface area contributed by atoms with Crippen molar-refractivity contribution in [2.75, 3.05) is 0 Å². The Morgan fingerprint density at radius 1 is 1.00 bits per heavy atom. The van der Waals surface area contributed by atoms with Crippen LogP contribution in [-0.2, 0) is 0 Å². The standard InChI is InChI=1S/C13H9NO3/c15-10-5-3-9(4-6-10)13-8-11(14-17-13)12-2-1-7-16-12/h1-8,15H. The third-order valence-electron chi connectivity index (χ3n) is 2.44. The summed E-state index contributed by atoms with van der Waals surface area (Å²) >= 11 is 0. The molecule has 1 aromatic carbocycles. The second-order valence-corrected chi connectivity index (χ2v) is 3.60. The van der Waals surface area contributed by atoms with Gasteiger partial charge in [0.15, 0.2) is 11.5 Å². The highest BCUT2D eigenvalue weighted by atomic mass is 16.5. The number of aromatic hydroxyl groups is 1. The molecular weight excluding hydrogens is 218 g/mol. The molecule has 1 N–H and O–H groups in total. The summed E-state index contributed by atoms with van der Waals surface area (Å²) in [5, 5.41) is 13.1. The fourth-order valence-corrected chi connectivity index (χ4v) is 1.58. The minimum atomic E-state index is 0.222. The van der Waals surface area contributed by atoms with Crippen LogP contribution in [-0.4, -0.2) is 10.3 Å². The quantitative estimate of drug-likeness (QED) is 0.729. The maximum Gasteiger partial charge on any atom is 0.167 e. The Labute approximate surface area is 97.1 Å². The second kappa shape index (κ2) is 3.83. The molecule has 0 aliphatic rings. The van der Waals surface area contributed by atoms with Gasteiger partial charge in [0.2, 0.25) is 0 Å². The molecule has 3 rings (SSSR count). The maximum absolute atomic E-state index is 9.20. The first-order valence-corrected chi connectivity index (χ1v) is 5.13. The molecule has 0 saturated carbocycles. The van der Waals surface area contributed by atoms with Gasteiger partial charge in [-0.15, -0.1) is 0 Å². The van der Waals surface area contributed by atoms with Crippen LogP contribution in [0.2, 0.25) is 0 Å². The number of rotatable bonds is 2. The Morgan fingerprint density at radius 2 is 1.82 bits per heavy atom. The summed E-state index contributed by atoms with van der Waals surface area (Å²) < 4.78 is 10.4. The summed E-state index contributed by atoms with van der Waals surface area (Å²) in [5.41, 5.74) is 1.51. The van der Waals surface area contributed by atoms with Gasteiger partial charge in [-0.25, -0.2) is 0 Å². The third-order valence-corrected chi connectivity index (χ3v) is 2.44. The molecule has 0 aliphatic carbocycles. The largest absolute Gasteiger partial charge is 0.508 e. The summed E-state index contributed by atoms with van der Waals surface area (Å²) in [7, 11) is 0. The van der Waals surface area contributed by atoms with Crippen molar-refractivity contribution in [1.29, 1.82) is 0 Å². The lowest BCUT2D eigenvalue weighted by molar-refractivity contribution is 0.431. The first-order valence-electron chi connectivity index (χ1n) is 5.13. The van der Waals surface area contributed by atoms with Crippen LogP contribution in [0.25, 0.3) is 22.8 Å². The summed E-state index contributed by atoms with van der Waals surface area (Å²) in [5.74, 6) is 1.52. The van der Waals surface area contributed by atoms with Crippen LogP contribution in [0.5, 0.6) is 5.75 Å². The Kier molecular flexibility index (Phi) is 2.19. The van der Waals surface area contributed by atoms with E-state index in [9.17, 15) is 5.11 Å². The van der Waals surface area contributed by atoms with Gasteiger partial charge in [0.05, 0.1) is 6.26 Å². The molecule has 4 nitrogen and oxygen atoms in total. The molecule has 0 spiro atoms. The van der Waals surface area contributed by atoms with Crippen LogP contribution in [0.1, 0.15) is 0 Å². The first-order chi connectivity index (χ1) is 8.33. The predicted octanol–water partition coefficient (Wildman–Crippen LogP) is 3.31. The van der Waals surface area contributed by atoms with Gasteiger partial charge in [-0.3, -0.25) is 0 Å². The Balaban J connectivity index is 1.98. The van der Waals surface area contributed by atoms with Gasteiger partial charge in [-0.05, 0) is 36.4 Å². The third kappa shape index (κ3) is 1.80. The van der Waals surface area contributed by atoms with Crippen LogP contribution >= 0.6 is 0 Å². The number of benzene rings is 1. The molecular formula is C13H9NO3. The lowest BCUT2D eigenvalue weighted by Crippen LogP contribution is -1.72. The van der Waals surface area contributed by atoms with Crippen molar-refractivity contribution < 1.29 is 14.0 Å². The van der Waals surface area contributed by atoms with Gasteiger partial charge in [-0.1, -0.05) is 5.16 Å². The van der Waals surface area contributed by atoms with Gasteiger partial charge in [0.25, 0.3) is 0 Å². The van der Waals surface area contributed by atoms with Gasteiger partial charge in [0, 0.05) is 11.6 Å². The summed E-state index contributed by atoms with van der Waals surface area (Å²) in [6.07, 6.45) is 1.59. The molecule has 2 heterocycles. The topological polar surface area (TPSA) is 59.4 Å². The average molecular weight is 227 g/mol. The van der Waals surface area contributed by atoms with Gasteiger partial charge in [0.1, 0.15) is 11.4 Å². The summed E-state index contributed by atoms with van der Waals surface area (Å²) in [6, 6.07) is 12.1. The number of hydrogen-bond donors (Lipinski definition) is 1. The Morgan fingerprint density at radius 3 is 2.53 bits per heavy atom. The number of phenolic OH excluding ortho intramolecular Hbond substituents is 1. The molecule has 0 radical (unpaired) electrons. The maximum atomic E-state index is 9.20. The average Bonchev–Trinajstić information content (AvgIpc) is 3.00. The van der Waals surface area contributed by atoms with Crippen molar-refractivity contribution in [2.45, 2.75) is 0 Å². The second-order valence-electron chi connectivity index (χ2n) is 3.60. The molecule has 0 unspecified atom stereocenters. The van der Waals surface area contributed by atoms with Crippen molar-refractivity contribution in [3.8, 4) is 28.5 Å². The van der Waals surface area contributed by atoms with E-state index in [1.165, 1.54) is 0 Å². The van der Waals surface area contributed by atoms with E-state index >= 15 is 0 Å². The van der Waals surface area contributed by atoms with Crippen LogP contribution in [0.4, 0.5) is 0 Å². The van der Waals surface area contributed by atoms with E-state index in [0.717, 1.165) is 5.56 Å². The van der Waals surface area contributed by atoms with Crippen molar-refractivity contribution in [3.63, 3.8) is 0 Å². The molecule has 2 aromatic heterocycles. The van der Waals surface area contributed by atoms with E-state index in [4.69, 9.17) is 8.94 Å². The number of phenols is 1. The highest BCUT2D eigenvalue weighted by Gasteiger charge is 2.10. The van der Waals surface area contributed by atoms with E-state index in [0.29, 0.717) is 17.2 Å². The van der Waals surface area contributed by atoms with Crippen LogP contribution < -0.4 is 0 Å². The van der Waals surface area contributed by atoms with Crippen molar-refractivity contribution in [3.05, 3.63) is 48.7 Å². The first kappa shape index (κ1) is 9.72. The number of furan rings is 1. The van der Waals surface area contributed by atoms with Crippen LogP contribution in [0.15, 0.2) is 57.7 Å². The van der Waals surface area contributed by atoms with Crippen LogP contribution in [0, 0.1) is 0 Å². The highest BCUT2D eigenvalue weighted by molar-refractivity contribution is 5.64. The zero-order chi connectivity index (χ0) is 11.7. The van der Waals surface area contributed by atoms with Crippen LogP contribution in [0.3, 0.4) is 0 Å². The van der Waals surface area contributed by atoms with E-state index < -0.39 is 0 Å². The monoisotopic (exact) mass is 227 g/mol. The Hall–Kier alpha value is -2.49. The SMILES string of the molecule is Oc1ccc(-c2cc(-c3ccco3)no2)cc1. The van der Waals surface area contributed by atoms with Crippen molar-refractivity contribution >= 4 is 0 Å². The molecule has 0 atom stereocenters. The summed E-state index contributed by atoms with van der Waals surface area (Å²) in [4.78, 5) is 0. The molecule has 0 bridgehead atoms. The minimum Gasteiger partial charge on any atom is -0.508 e. The smallest absolute Gasteiger partial charge is 0.167 e. The lowest BCUT2D eigenvalue weighted by atomic mass is 10.1. The molecule has 3 aromatic rings. The van der Waals surface area contributed by atoms with Gasteiger partial charge in [-0.2, -0.15) is 0 Å². The van der Waals surface area contributed by atoms with Gasteiger partial charge >= 0.3 is 0 Å². The normalized spacial score (nSPS) is 10.6. The molecule has 0 amide bonds. The van der Waals surface area contributed by atoms with E-state index in [2.05, 4.69) is 5.16 Å². The lowest BCUT2D eigenvalue weighted by Gasteiger charge is -1.94. The minimum absolute atomic E-state index is 0.222. The van der Waals surface area contributed by atoms with Crippen molar-refractivity contribution in [2.24, 2.45) is 0 Å². The summed E-state index contributed by atoms with van der Waals surface area (Å²) in [6.45, 7) is 0. The predicted molar refractivity (Wildman–Crippen MR) is 61.3 cm³/mol. The molecule has 0 saturated heterocycles. The number of nitrogens with zero attached hydrogens (tertiary/aromatic N) is 1. The molecule has 84 valence electrons. The van der Waals surface area contributed by atoms with Crippen molar-refractivity contribution in [1.82, 2.24) is 5.16 Å². The molecule has 17 heavy (non-hydrogen) atoms. The molecule has 0 fully saturated rings. The number of hydrogen-bond acceptors (Lipinski definition) is 4. The van der Waals surface area contributed by atoms with Gasteiger partial charge < -0.3 is 14.0 Å². The number of aromatic nitrogens is 1. The van der Waals surface area contributed by atoms with E-state index in [-0.39, 0.29) is 5.75 Å². The molecule has 4 heteroatoms. The Bertz CT molecular complexity index is 608. The fraction of sp³-hybridized carbons (Fsp3) is 0. The zero-order valence-electron chi connectivity index (χ0n) is 8.83. The molecule has 0 aliphatic heterocycles.